The molecular formula is C15H18N2OS. The molecule has 100 valence electrons. The standard InChI is InChI=1S/C15H18N2OS/c1-11(14-8-5-9-19-14)17-15(18)10-13(16)12-6-3-2-4-7-12/h2-9,11,13H,10,16H2,1H3,(H,17,18)/t11-,13+/m1/s1. The molecule has 2 atom stereocenters. The maximum atomic E-state index is 11.9. The van der Waals surface area contributed by atoms with Crippen molar-refractivity contribution in [2.24, 2.45) is 5.73 Å². The molecule has 19 heavy (non-hydrogen) atoms. The summed E-state index contributed by atoms with van der Waals surface area (Å²) in [5.41, 5.74) is 7.02. The van der Waals surface area contributed by atoms with Gasteiger partial charge in [-0.05, 0) is 23.9 Å². The number of carbonyl (C=O) groups excluding carboxylic acids is 1. The van der Waals surface area contributed by atoms with E-state index in [1.807, 2.05) is 54.8 Å². The second kappa shape index (κ2) is 6.50. The summed E-state index contributed by atoms with van der Waals surface area (Å²) < 4.78 is 0. The molecule has 0 bridgehead atoms. The van der Waals surface area contributed by atoms with Crippen LogP contribution in [-0.2, 0) is 4.79 Å². The second-order valence-corrected chi connectivity index (χ2v) is 5.51. The molecule has 3 nitrogen and oxygen atoms in total. The Hall–Kier alpha value is -1.65. The smallest absolute Gasteiger partial charge is 0.222 e. The van der Waals surface area contributed by atoms with E-state index in [1.54, 1.807) is 11.3 Å². The molecule has 1 amide bonds. The van der Waals surface area contributed by atoms with Gasteiger partial charge in [0.1, 0.15) is 0 Å². The van der Waals surface area contributed by atoms with Crippen LogP contribution in [0.15, 0.2) is 47.8 Å². The second-order valence-electron chi connectivity index (χ2n) is 4.53. The largest absolute Gasteiger partial charge is 0.349 e. The first kappa shape index (κ1) is 13.8. The minimum absolute atomic E-state index is 0.0164. The molecule has 1 aromatic carbocycles. The van der Waals surface area contributed by atoms with Gasteiger partial charge in [-0.3, -0.25) is 4.79 Å². The van der Waals surface area contributed by atoms with E-state index in [-0.39, 0.29) is 18.0 Å². The topological polar surface area (TPSA) is 55.1 Å². The maximum absolute atomic E-state index is 11.9. The van der Waals surface area contributed by atoms with Crippen LogP contribution >= 0.6 is 11.3 Å². The van der Waals surface area contributed by atoms with Crippen molar-refractivity contribution < 1.29 is 4.79 Å². The minimum Gasteiger partial charge on any atom is -0.349 e. The number of hydrogen-bond donors (Lipinski definition) is 2. The summed E-state index contributed by atoms with van der Waals surface area (Å²) in [5, 5.41) is 4.98. The van der Waals surface area contributed by atoms with E-state index in [1.165, 1.54) is 0 Å². The zero-order chi connectivity index (χ0) is 13.7. The van der Waals surface area contributed by atoms with Crippen molar-refractivity contribution >= 4 is 17.2 Å². The number of carbonyl (C=O) groups is 1. The number of thiophene rings is 1. The van der Waals surface area contributed by atoms with Gasteiger partial charge in [0.25, 0.3) is 0 Å². The summed E-state index contributed by atoms with van der Waals surface area (Å²) in [6.45, 7) is 1.98. The van der Waals surface area contributed by atoms with Crippen molar-refractivity contribution in [2.45, 2.75) is 25.4 Å². The zero-order valence-electron chi connectivity index (χ0n) is 10.9. The van der Waals surface area contributed by atoms with Crippen LogP contribution in [0.5, 0.6) is 0 Å². The first-order chi connectivity index (χ1) is 9.16. The Balaban J connectivity index is 1.88. The van der Waals surface area contributed by atoms with Crippen LogP contribution in [-0.4, -0.2) is 5.91 Å². The lowest BCUT2D eigenvalue weighted by Gasteiger charge is -2.15. The highest BCUT2D eigenvalue weighted by molar-refractivity contribution is 7.10. The molecule has 0 fully saturated rings. The van der Waals surface area contributed by atoms with Crippen molar-refractivity contribution in [3.8, 4) is 0 Å². The molecule has 0 saturated carbocycles. The molecule has 1 aromatic heterocycles. The third-order valence-electron chi connectivity index (χ3n) is 2.98. The fourth-order valence-corrected chi connectivity index (χ4v) is 2.66. The van der Waals surface area contributed by atoms with Gasteiger partial charge >= 0.3 is 0 Å². The number of nitrogens with two attached hydrogens (primary N) is 1. The third-order valence-corrected chi connectivity index (χ3v) is 4.04. The van der Waals surface area contributed by atoms with E-state index < -0.39 is 0 Å². The van der Waals surface area contributed by atoms with Crippen molar-refractivity contribution in [1.82, 2.24) is 5.32 Å². The van der Waals surface area contributed by atoms with E-state index in [0.29, 0.717) is 6.42 Å². The van der Waals surface area contributed by atoms with Crippen LogP contribution in [0.3, 0.4) is 0 Å². The van der Waals surface area contributed by atoms with Gasteiger partial charge in [-0.15, -0.1) is 11.3 Å². The van der Waals surface area contributed by atoms with Crippen molar-refractivity contribution in [3.05, 3.63) is 58.3 Å². The third kappa shape index (κ3) is 3.91. The Morgan fingerprint density at radius 2 is 2.00 bits per heavy atom. The number of benzene rings is 1. The normalized spacial score (nSPS) is 13.8. The Morgan fingerprint density at radius 1 is 1.26 bits per heavy atom. The van der Waals surface area contributed by atoms with Crippen LogP contribution in [0.1, 0.15) is 35.9 Å². The molecule has 2 rings (SSSR count). The summed E-state index contributed by atoms with van der Waals surface area (Å²) in [7, 11) is 0. The lowest BCUT2D eigenvalue weighted by molar-refractivity contribution is -0.122. The Morgan fingerprint density at radius 3 is 2.63 bits per heavy atom. The molecule has 0 radical (unpaired) electrons. The Bertz CT molecular complexity index is 510. The van der Waals surface area contributed by atoms with Gasteiger partial charge in [0.2, 0.25) is 5.91 Å². The van der Waals surface area contributed by atoms with Crippen molar-refractivity contribution in [2.75, 3.05) is 0 Å². The van der Waals surface area contributed by atoms with Gasteiger partial charge in [-0.25, -0.2) is 0 Å². The monoisotopic (exact) mass is 274 g/mol. The van der Waals surface area contributed by atoms with E-state index in [2.05, 4.69) is 5.32 Å². The average molecular weight is 274 g/mol. The first-order valence-electron chi connectivity index (χ1n) is 6.30. The van der Waals surface area contributed by atoms with Gasteiger partial charge in [0.15, 0.2) is 0 Å². The minimum atomic E-state index is -0.253. The molecule has 1 heterocycles. The van der Waals surface area contributed by atoms with Crippen LogP contribution in [0.4, 0.5) is 0 Å². The first-order valence-corrected chi connectivity index (χ1v) is 7.18. The fraction of sp³-hybridized carbons (Fsp3) is 0.267. The molecule has 3 N–H and O–H groups in total. The predicted octanol–water partition coefficient (Wildman–Crippen LogP) is 3.02. The molecule has 0 aliphatic carbocycles. The summed E-state index contributed by atoms with van der Waals surface area (Å²) in [4.78, 5) is 13.1. The lowest BCUT2D eigenvalue weighted by atomic mass is 10.0. The van der Waals surface area contributed by atoms with Crippen LogP contribution in [0, 0.1) is 0 Å². The zero-order valence-corrected chi connectivity index (χ0v) is 11.7. The molecule has 2 aromatic rings. The highest BCUT2D eigenvalue weighted by Crippen LogP contribution is 2.19. The van der Waals surface area contributed by atoms with Gasteiger partial charge in [0, 0.05) is 17.3 Å². The molecule has 0 saturated heterocycles. The van der Waals surface area contributed by atoms with Gasteiger partial charge in [-0.2, -0.15) is 0 Å². The summed E-state index contributed by atoms with van der Waals surface area (Å²) in [6.07, 6.45) is 0.305. The molecule has 0 spiro atoms. The van der Waals surface area contributed by atoms with Crippen molar-refractivity contribution in [1.29, 1.82) is 0 Å². The van der Waals surface area contributed by atoms with Crippen LogP contribution < -0.4 is 11.1 Å². The van der Waals surface area contributed by atoms with Crippen molar-refractivity contribution in [3.63, 3.8) is 0 Å². The quantitative estimate of drug-likeness (QED) is 0.880. The highest BCUT2D eigenvalue weighted by atomic mass is 32.1. The van der Waals surface area contributed by atoms with E-state index in [0.717, 1.165) is 10.4 Å². The highest BCUT2D eigenvalue weighted by Gasteiger charge is 2.14. The lowest BCUT2D eigenvalue weighted by Crippen LogP contribution is -2.29. The van der Waals surface area contributed by atoms with Gasteiger partial charge < -0.3 is 11.1 Å². The summed E-state index contributed by atoms with van der Waals surface area (Å²) in [6, 6.07) is 13.5. The molecular weight excluding hydrogens is 256 g/mol. The van der Waals surface area contributed by atoms with Gasteiger partial charge in [0.05, 0.1) is 6.04 Å². The number of rotatable bonds is 5. The van der Waals surface area contributed by atoms with E-state index in [4.69, 9.17) is 5.73 Å². The molecule has 0 aliphatic heterocycles. The Labute approximate surface area is 117 Å². The number of hydrogen-bond acceptors (Lipinski definition) is 3. The van der Waals surface area contributed by atoms with Gasteiger partial charge in [-0.1, -0.05) is 36.4 Å². The van der Waals surface area contributed by atoms with Crippen LogP contribution in [0.25, 0.3) is 0 Å². The average Bonchev–Trinajstić information content (AvgIpc) is 2.93. The van der Waals surface area contributed by atoms with Crippen LogP contribution in [0.2, 0.25) is 0 Å². The van der Waals surface area contributed by atoms with E-state index >= 15 is 0 Å². The molecule has 0 unspecified atom stereocenters. The summed E-state index contributed by atoms with van der Waals surface area (Å²) >= 11 is 1.64. The Kier molecular flexibility index (Phi) is 4.71. The fourth-order valence-electron chi connectivity index (χ4n) is 1.93. The SMILES string of the molecule is C[C@@H](NC(=O)C[C@H](N)c1ccccc1)c1cccs1. The predicted molar refractivity (Wildman–Crippen MR) is 78.9 cm³/mol. The number of amides is 1. The van der Waals surface area contributed by atoms with E-state index in [9.17, 15) is 4.79 Å². The number of nitrogens with one attached hydrogen (secondary N) is 1. The molecule has 4 heteroatoms. The molecule has 0 aliphatic rings. The maximum Gasteiger partial charge on any atom is 0.222 e. The summed E-state index contributed by atoms with van der Waals surface area (Å²) in [5.74, 6) is -0.0164.